The molecule has 0 aliphatic carbocycles. The molecule has 3 unspecified atom stereocenters. The Bertz CT molecular complexity index is 1690. The number of likely N-dealkylation sites (N-methyl/N-ethyl adjacent to an activating group) is 1. The Morgan fingerprint density at radius 2 is 1.78 bits per heavy atom. The van der Waals surface area contributed by atoms with Gasteiger partial charge in [-0.05, 0) is 92.4 Å². The normalized spacial score (nSPS) is 40.3. The van der Waals surface area contributed by atoms with Crippen molar-refractivity contribution in [3.63, 3.8) is 0 Å². The Kier molecular flexibility index (Phi) is 13.2. The van der Waals surface area contributed by atoms with E-state index in [2.05, 4.69) is 4.98 Å². The van der Waals surface area contributed by atoms with Crippen molar-refractivity contribution in [1.29, 1.82) is 0 Å². The van der Waals surface area contributed by atoms with Crippen LogP contribution >= 0.6 is 0 Å². The zero-order valence-corrected chi connectivity index (χ0v) is 34.3. The molecule has 1 aromatic carbocycles. The summed E-state index contributed by atoms with van der Waals surface area (Å²) in [4.78, 5) is 47.6. The molecule has 5 rings (SSSR count). The van der Waals surface area contributed by atoms with Crippen LogP contribution in [0.15, 0.2) is 36.5 Å². The van der Waals surface area contributed by atoms with Crippen LogP contribution in [0.3, 0.4) is 0 Å². The van der Waals surface area contributed by atoms with E-state index in [1.54, 1.807) is 33.9 Å². The molecule has 13 heteroatoms. The fourth-order valence-electron chi connectivity index (χ4n) is 9.29. The summed E-state index contributed by atoms with van der Waals surface area (Å²) in [6.45, 7) is 14.3. The molecule has 14 atom stereocenters. The van der Waals surface area contributed by atoms with E-state index in [-0.39, 0.29) is 37.5 Å². The average Bonchev–Trinajstić information content (AvgIpc) is 3.85. The SMILES string of the molecule is CC[C@H]1OC(=O)C(C)C(=O)[C@H](C)[C@@H](O[C@@H]2O[C@H](C)C[C@H](N(C)C)[C@H]2O)[C@](C)(OC)C[C@@H](C)C2OC2(C)[C@@H](CCOC(=O)c2cnc3ccccc3c2)[C@]1(C)O. The third kappa shape index (κ3) is 8.78. The summed E-state index contributed by atoms with van der Waals surface area (Å²) >= 11 is 0. The molecular formula is C42H62N2O11. The lowest BCUT2D eigenvalue weighted by Gasteiger charge is -2.47. The van der Waals surface area contributed by atoms with Crippen molar-refractivity contribution < 1.29 is 53.0 Å². The van der Waals surface area contributed by atoms with Gasteiger partial charge < -0.3 is 43.5 Å². The first kappa shape index (κ1) is 43.1. The third-order valence-electron chi connectivity index (χ3n) is 12.6. The Labute approximate surface area is 325 Å². The van der Waals surface area contributed by atoms with Crippen LogP contribution < -0.4 is 0 Å². The lowest BCUT2D eigenvalue weighted by atomic mass is 9.70. The molecule has 0 amide bonds. The van der Waals surface area contributed by atoms with Gasteiger partial charge in [0.2, 0.25) is 0 Å². The number of hydrogen-bond donors (Lipinski definition) is 2. The number of Topliss-reactive ketones (excluding diaryl/α,β-unsaturated/α-hetero) is 1. The maximum Gasteiger partial charge on any atom is 0.339 e. The molecule has 3 saturated heterocycles. The molecule has 55 heavy (non-hydrogen) atoms. The number of aromatic nitrogens is 1. The molecule has 1 aromatic heterocycles. The van der Waals surface area contributed by atoms with E-state index in [0.717, 1.165) is 10.9 Å². The van der Waals surface area contributed by atoms with Crippen LogP contribution in [0.2, 0.25) is 0 Å². The van der Waals surface area contributed by atoms with Crippen LogP contribution in [-0.2, 0) is 38.0 Å². The number of methoxy groups -OCH3 is 1. The lowest BCUT2D eigenvalue weighted by Crippen LogP contribution is -2.59. The predicted molar refractivity (Wildman–Crippen MR) is 204 cm³/mol. The van der Waals surface area contributed by atoms with Crippen molar-refractivity contribution in [2.45, 2.75) is 141 Å². The highest BCUT2D eigenvalue weighted by Crippen LogP contribution is 2.54. The first-order chi connectivity index (χ1) is 25.8. The summed E-state index contributed by atoms with van der Waals surface area (Å²) < 4.78 is 37.3. The Morgan fingerprint density at radius 3 is 2.44 bits per heavy atom. The zero-order chi connectivity index (χ0) is 40.6. The number of para-hydroxylation sites is 1. The largest absolute Gasteiger partial charge is 0.462 e. The molecule has 13 nitrogen and oxygen atoms in total. The summed E-state index contributed by atoms with van der Waals surface area (Å²) in [7, 11) is 5.33. The van der Waals surface area contributed by atoms with E-state index in [1.165, 1.54) is 13.1 Å². The van der Waals surface area contributed by atoms with Gasteiger partial charge in [0.05, 0.1) is 47.2 Å². The monoisotopic (exact) mass is 770 g/mol. The second-order valence-corrected chi connectivity index (χ2v) is 16.9. The molecule has 3 aliphatic rings. The van der Waals surface area contributed by atoms with Gasteiger partial charge in [-0.25, -0.2) is 4.79 Å². The van der Waals surface area contributed by atoms with Crippen molar-refractivity contribution >= 4 is 28.6 Å². The highest BCUT2D eigenvalue weighted by atomic mass is 16.7. The summed E-state index contributed by atoms with van der Waals surface area (Å²) in [6.07, 6.45) is -1.80. The zero-order valence-electron chi connectivity index (χ0n) is 34.3. The van der Waals surface area contributed by atoms with Crippen LogP contribution in [0.5, 0.6) is 0 Å². The number of aliphatic hydroxyl groups excluding tert-OH is 1. The number of ether oxygens (including phenoxy) is 6. The van der Waals surface area contributed by atoms with E-state index in [1.807, 2.05) is 71.0 Å². The number of carbonyl (C=O) groups excluding carboxylic acids is 3. The van der Waals surface area contributed by atoms with Crippen molar-refractivity contribution in [1.82, 2.24) is 9.88 Å². The van der Waals surface area contributed by atoms with Gasteiger partial charge in [0.1, 0.15) is 23.7 Å². The summed E-state index contributed by atoms with van der Waals surface area (Å²) in [6, 6.07) is 8.96. The molecule has 0 bridgehead atoms. The van der Waals surface area contributed by atoms with Crippen LogP contribution in [-0.4, -0.2) is 125 Å². The van der Waals surface area contributed by atoms with Crippen molar-refractivity contribution in [2.75, 3.05) is 27.8 Å². The molecule has 3 aliphatic heterocycles. The third-order valence-corrected chi connectivity index (χ3v) is 12.6. The van der Waals surface area contributed by atoms with Gasteiger partial charge in [-0.2, -0.15) is 0 Å². The number of hydrogen-bond acceptors (Lipinski definition) is 13. The number of ketones is 1. The van der Waals surface area contributed by atoms with Gasteiger partial charge in [-0.15, -0.1) is 0 Å². The number of carbonyl (C=O) groups is 3. The average molecular weight is 771 g/mol. The highest BCUT2D eigenvalue weighted by molar-refractivity contribution is 6.00. The number of epoxide rings is 1. The number of fused-ring (bicyclic) bond motifs is 2. The second kappa shape index (κ2) is 16.8. The van der Waals surface area contributed by atoms with Crippen LogP contribution in [0.4, 0.5) is 0 Å². The maximum absolute atomic E-state index is 14.2. The van der Waals surface area contributed by atoms with E-state index in [4.69, 9.17) is 28.4 Å². The van der Waals surface area contributed by atoms with Gasteiger partial charge in [-0.3, -0.25) is 14.6 Å². The van der Waals surface area contributed by atoms with Gasteiger partial charge in [0, 0.05) is 36.6 Å². The topological polar surface area (TPSA) is 166 Å². The molecule has 2 N–H and O–H groups in total. The van der Waals surface area contributed by atoms with Crippen LogP contribution in [0, 0.1) is 23.7 Å². The van der Waals surface area contributed by atoms with Crippen LogP contribution in [0.1, 0.15) is 91.4 Å². The number of pyridine rings is 1. The van der Waals surface area contributed by atoms with Gasteiger partial charge in [0.25, 0.3) is 0 Å². The predicted octanol–water partition coefficient (Wildman–Crippen LogP) is 4.73. The Balaban J connectivity index is 1.45. The minimum atomic E-state index is -1.65. The number of nitrogens with zero attached hydrogens (tertiary/aromatic N) is 2. The minimum absolute atomic E-state index is 0.0505. The molecule has 2 aromatic rings. The van der Waals surface area contributed by atoms with Gasteiger partial charge in [-0.1, -0.05) is 39.0 Å². The van der Waals surface area contributed by atoms with Gasteiger partial charge >= 0.3 is 11.9 Å². The standard InChI is InChI=1S/C42H62N2O11/c1-12-32-41(7,49)31(17-18-51-38(48)28-20-27-15-13-14-16-29(27)43-22-28)42(8)35(55-42)23(2)21-40(6,50-11)36(25(4)33(45)26(5)37(47)53-32)54-39-34(46)30(44(9)10)19-24(3)52-39/h13-16,20,22-26,30-32,34-36,39,46,49H,12,17-19,21H2,1-11H3/t23-,24-,25+,26?,30+,31+,32-,34-,35?,36-,39+,40-,41+,42?/m1/s1. The number of cyclic esters (lactones) is 1. The first-order valence-electron chi connectivity index (χ1n) is 19.7. The molecule has 0 saturated carbocycles. The fraction of sp³-hybridized carbons (Fsp3) is 0.714. The number of benzene rings is 1. The number of esters is 2. The molecular weight excluding hydrogens is 708 g/mol. The van der Waals surface area contributed by atoms with E-state index < -0.39 is 83.0 Å². The Morgan fingerprint density at radius 1 is 1.09 bits per heavy atom. The fourth-order valence-corrected chi connectivity index (χ4v) is 9.29. The molecule has 4 heterocycles. The van der Waals surface area contributed by atoms with E-state index in [0.29, 0.717) is 18.4 Å². The van der Waals surface area contributed by atoms with E-state index in [9.17, 15) is 24.6 Å². The molecule has 0 radical (unpaired) electrons. The highest BCUT2D eigenvalue weighted by Gasteiger charge is 2.66. The van der Waals surface area contributed by atoms with Crippen molar-refractivity contribution in [3.8, 4) is 0 Å². The maximum atomic E-state index is 14.2. The van der Waals surface area contributed by atoms with Crippen molar-refractivity contribution in [2.24, 2.45) is 23.7 Å². The lowest BCUT2D eigenvalue weighted by molar-refractivity contribution is -0.295. The number of rotatable bonds is 9. The van der Waals surface area contributed by atoms with Gasteiger partial charge in [0.15, 0.2) is 12.1 Å². The summed E-state index contributed by atoms with van der Waals surface area (Å²) in [5.74, 6) is -4.73. The summed E-state index contributed by atoms with van der Waals surface area (Å²) in [5.41, 5.74) is -2.63. The van der Waals surface area contributed by atoms with Crippen LogP contribution in [0.25, 0.3) is 10.9 Å². The summed E-state index contributed by atoms with van der Waals surface area (Å²) in [5, 5.41) is 24.6. The Hall–Kier alpha value is -3.04. The second-order valence-electron chi connectivity index (χ2n) is 16.9. The molecule has 306 valence electrons. The quantitative estimate of drug-likeness (QED) is 0.205. The number of aliphatic hydroxyl groups is 2. The van der Waals surface area contributed by atoms with E-state index >= 15 is 0 Å². The minimum Gasteiger partial charge on any atom is -0.462 e. The smallest absolute Gasteiger partial charge is 0.339 e. The molecule has 3 fully saturated rings. The molecule has 0 spiro atoms. The first-order valence-corrected chi connectivity index (χ1v) is 19.7. The van der Waals surface area contributed by atoms with Crippen molar-refractivity contribution in [3.05, 3.63) is 42.1 Å².